The van der Waals surface area contributed by atoms with Crippen molar-refractivity contribution >= 4 is 23.4 Å². The van der Waals surface area contributed by atoms with Crippen molar-refractivity contribution < 1.29 is 18.9 Å². The molecule has 2 aromatic rings. The number of nitro groups is 1. The third-order valence-electron chi connectivity index (χ3n) is 5.27. The van der Waals surface area contributed by atoms with Gasteiger partial charge in [0.25, 0.3) is 10.9 Å². The maximum Gasteiger partial charge on any atom is 0.316 e. The summed E-state index contributed by atoms with van der Waals surface area (Å²) in [6.07, 6.45) is 3.11. The van der Waals surface area contributed by atoms with Gasteiger partial charge in [-0.15, -0.1) is 10.2 Å². The van der Waals surface area contributed by atoms with Gasteiger partial charge in [0.2, 0.25) is 5.89 Å². The first kappa shape index (κ1) is 21.3. The first-order chi connectivity index (χ1) is 13.8. The van der Waals surface area contributed by atoms with E-state index in [9.17, 15) is 14.9 Å². The predicted octanol–water partition coefficient (Wildman–Crippen LogP) is 4.74. The molecule has 0 unspecified atom stereocenters. The Kier molecular flexibility index (Phi) is 6.89. The van der Waals surface area contributed by atoms with E-state index in [1.165, 1.54) is 18.6 Å². The average molecular weight is 420 g/mol. The Hall–Kier alpha value is -2.42. The average Bonchev–Trinajstić information content (AvgIpc) is 3.15. The molecule has 0 radical (unpaired) electrons. The normalized spacial score (nSPS) is 21.9. The minimum atomic E-state index is -0.484. The van der Waals surface area contributed by atoms with Crippen LogP contribution in [0.15, 0.2) is 33.9 Å². The van der Waals surface area contributed by atoms with E-state index in [1.54, 1.807) is 12.1 Å². The van der Waals surface area contributed by atoms with Gasteiger partial charge in [-0.25, -0.2) is 0 Å². The van der Waals surface area contributed by atoms with Gasteiger partial charge in [-0.1, -0.05) is 45.0 Å². The Bertz CT molecular complexity index is 869. The molecule has 1 aliphatic rings. The van der Waals surface area contributed by atoms with Gasteiger partial charge in [-0.05, 0) is 36.7 Å². The largest absolute Gasteiger partial charge is 0.461 e. The zero-order valence-corrected chi connectivity index (χ0v) is 17.6. The van der Waals surface area contributed by atoms with E-state index in [0.29, 0.717) is 23.3 Å². The molecule has 0 N–H and O–H groups in total. The number of rotatable bonds is 7. The fourth-order valence-electron chi connectivity index (χ4n) is 3.71. The van der Waals surface area contributed by atoms with Crippen LogP contribution in [0.5, 0.6) is 0 Å². The standard InChI is InChI=1S/C20H25N3O5S/c1-12(2)16-8-7-13(3)9-17(16)27-18(24)11-29-20-22-21-19(28-20)14-5-4-6-15(10-14)23(25)26/h4-6,10,12-13,16-17H,7-9,11H2,1-3H3/t13-,16-,17+/m0/s1. The quantitative estimate of drug-likeness (QED) is 0.274. The molecule has 156 valence electrons. The van der Waals surface area contributed by atoms with E-state index in [1.807, 2.05) is 0 Å². The molecule has 0 aliphatic heterocycles. The summed E-state index contributed by atoms with van der Waals surface area (Å²) in [4.78, 5) is 22.8. The molecule has 1 aromatic heterocycles. The third kappa shape index (κ3) is 5.56. The SMILES string of the molecule is CC(C)[C@@H]1CC[C@H](C)C[C@H]1OC(=O)CSc1nnc(-c2cccc([N+](=O)[O-])c2)o1. The molecule has 1 aliphatic carbocycles. The molecule has 1 saturated carbocycles. The second-order valence-corrected chi connectivity index (χ2v) is 8.75. The van der Waals surface area contributed by atoms with E-state index in [-0.39, 0.29) is 34.6 Å². The van der Waals surface area contributed by atoms with Crippen LogP contribution in [0.1, 0.15) is 40.0 Å². The lowest BCUT2D eigenvalue weighted by Gasteiger charge is -2.36. The van der Waals surface area contributed by atoms with E-state index < -0.39 is 4.92 Å². The van der Waals surface area contributed by atoms with Gasteiger partial charge >= 0.3 is 5.97 Å². The van der Waals surface area contributed by atoms with E-state index in [0.717, 1.165) is 24.6 Å². The van der Waals surface area contributed by atoms with E-state index in [4.69, 9.17) is 9.15 Å². The van der Waals surface area contributed by atoms with Crippen LogP contribution in [0.3, 0.4) is 0 Å². The zero-order valence-electron chi connectivity index (χ0n) is 16.7. The summed E-state index contributed by atoms with van der Waals surface area (Å²) in [5.41, 5.74) is 0.400. The molecule has 0 saturated heterocycles. The monoisotopic (exact) mass is 419 g/mol. The molecule has 1 heterocycles. The van der Waals surface area contributed by atoms with Gasteiger partial charge < -0.3 is 9.15 Å². The Morgan fingerprint density at radius 2 is 2.17 bits per heavy atom. The zero-order chi connectivity index (χ0) is 21.0. The fourth-order valence-corrected chi connectivity index (χ4v) is 4.26. The number of hydrogen-bond donors (Lipinski definition) is 0. The molecule has 29 heavy (non-hydrogen) atoms. The molecule has 3 rings (SSSR count). The first-order valence-corrected chi connectivity index (χ1v) is 10.7. The van der Waals surface area contributed by atoms with Gasteiger partial charge in [0.1, 0.15) is 11.9 Å². The molecule has 1 fully saturated rings. The molecule has 0 spiro atoms. The number of ether oxygens (including phenoxy) is 1. The summed E-state index contributed by atoms with van der Waals surface area (Å²) in [5.74, 6) is 1.38. The van der Waals surface area contributed by atoms with Crippen LogP contribution in [0, 0.1) is 27.9 Å². The van der Waals surface area contributed by atoms with Gasteiger partial charge in [0, 0.05) is 17.7 Å². The maximum atomic E-state index is 12.3. The second-order valence-electron chi connectivity index (χ2n) is 7.82. The van der Waals surface area contributed by atoms with Crippen LogP contribution in [-0.4, -0.2) is 32.9 Å². The number of nitro benzene ring substituents is 1. The summed E-state index contributed by atoms with van der Waals surface area (Å²) in [6.45, 7) is 6.54. The summed E-state index contributed by atoms with van der Waals surface area (Å²) >= 11 is 1.10. The van der Waals surface area contributed by atoms with Gasteiger partial charge in [-0.2, -0.15) is 0 Å². The van der Waals surface area contributed by atoms with Crippen molar-refractivity contribution in [1.82, 2.24) is 10.2 Å². The highest BCUT2D eigenvalue weighted by molar-refractivity contribution is 7.99. The number of carbonyl (C=O) groups is 1. The van der Waals surface area contributed by atoms with Gasteiger partial charge in [0.05, 0.1) is 4.92 Å². The summed E-state index contributed by atoms with van der Waals surface area (Å²) in [7, 11) is 0. The van der Waals surface area contributed by atoms with Crippen molar-refractivity contribution in [1.29, 1.82) is 0 Å². The number of carbonyl (C=O) groups excluding carboxylic acids is 1. The first-order valence-electron chi connectivity index (χ1n) is 9.74. The predicted molar refractivity (Wildman–Crippen MR) is 108 cm³/mol. The molecule has 1 aromatic carbocycles. The van der Waals surface area contributed by atoms with Gasteiger partial charge in [-0.3, -0.25) is 14.9 Å². The number of aromatic nitrogens is 2. The summed E-state index contributed by atoms with van der Waals surface area (Å²) in [5, 5.41) is 18.9. The molecule has 8 nitrogen and oxygen atoms in total. The molecule has 9 heteroatoms. The third-order valence-corrected chi connectivity index (χ3v) is 6.06. The lowest BCUT2D eigenvalue weighted by molar-refractivity contribution is -0.384. The number of esters is 1. The number of non-ortho nitro benzene ring substituents is 1. The van der Waals surface area contributed by atoms with E-state index >= 15 is 0 Å². The lowest BCUT2D eigenvalue weighted by atomic mass is 9.75. The van der Waals surface area contributed by atoms with Crippen molar-refractivity contribution in [3.8, 4) is 11.5 Å². The van der Waals surface area contributed by atoms with Crippen LogP contribution < -0.4 is 0 Å². The highest BCUT2D eigenvalue weighted by atomic mass is 32.2. The molecule has 3 atom stereocenters. The highest BCUT2D eigenvalue weighted by Crippen LogP contribution is 2.35. The molecular weight excluding hydrogens is 394 g/mol. The van der Waals surface area contributed by atoms with Crippen molar-refractivity contribution in [3.05, 3.63) is 34.4 Å². The number of hydrogen-bond acceptors (Lipinski definition) is 8. The number of thioether (sulfide) groups is 1. The van der Waals surface area contributed by atoms with Crippen LogP contribution in [0.2, 0.25) is 0 Å². The molecule has 0 bridgehead atoms. The van der Waals surface area contributed by atoms with Crippen molar-refractivity contribution in [3.63, 3.8) is 0 Å². The fraction of sp³-hybridized carbons (Fsp3) is 0.550. The number of benzene rings is 1. The topological polar surface area (TPSA) is 108 Å². The van der Waals surface area contributed by atoms with Crippen LogP contribution in [-0.2, 0) is 9.53 Å². The molecular formula is C20H25N3O5S. The Morgan fingerprint density at radius 1 is 1.38 bits per heavy atom. The maximum absolute atomic E-state index is 12.3. The Balaban J connectivity index is 1.57. The van der Waals surface area contributed by atoms with Crippen molar-refractivity contribution in [2.45, 2.75) is 51.4 Å². The number of nitrogens with zero attached hydrogens (tertiary/aromatic N) is 3. The van der Waals surface area contributed by atoms with E-state index in [2.05, 4.69) is 31.0 Å². The lowest BCUT2D eigenvalue weighted by Crippen LogP contribution is -2.36. The smallest absolute Gasteiger partial charge is 0.316 e. The van der Waals surface area contributed by atoms with Crippen LogP contribution in [0.4, 0.5) is 5.69 Å². The highest BCUT2D eigenvalue weighted by Gasteiger charge is 2.33. The van der Waals surface area contributed by atoms with Crippen LogP contribution >= 0.6 is 11.8 Å². The van der Waals surface area contributed by atoms with Gasteiger partial charge in [0.15, 0.2) is 0 Å². The minimum Gasteiger partial charge on any atom is -0.461 e. The summed E-state index contributed by atoms with van der Waals surface area (Å²) < 4.78 is 11.3. The Morgan fingerprint density at radius 3 is 2.90 bits per heavy atom. The Labute approximate surface area is 173 Å². The van der Waals surface area contributed by atoms with Crippen molar-refractivity contribution in [2.75, 3.05) is 5.75 Å². The van der Waals surface area contributed by atoms with Crippen molar-refractivity contribution in [2.24, 2.45) is 17.8 Å². The minimum absolute atomic E-state index is 0.0463. The van der Waals surface area contributed by atoms with Crippen LogP contribution in [0.25, 0.3) is 11.5 Å². The molecule has 0 amide bonds. The summed E-state index contributed by atoms with van der Waals surface area (Å²) in [6, 6.07) is 5.96. The second kappa shape index (κ2) is 9.39.